The predicted molar refractivity (Wildman–Crippen MR) is 82.5 cm³/mol. The molecule has 3 atom stereocenters. The first-order valence-electron chi connectivity index (χ1n) is 7.77. The number of piperidine rings is 1. The fourth-order valence-corrected chi connectivity index (χ4v) is 4.16. The van der Waals surface area contributed by atoms with Crippen molar-refractivity contribution in [1.82, 2.24) is 15.2 Å². The minimum atomic E-state index is 0.550. The zero-order valence-electron chi connectivity index (χ0n) is 12.5. The summed E-state index contributed by atoms with van der Waals surface area (Å²) in [6.45, 7) is 0. The lowest BCUT2D eigenvalue weighted by Gasteiger charge is -2.40. The van der Waals surface area contributed by atoms with Crippen LogP contribution in [0.4, 0.5) is 5.82 Å². The van der Waals surface area contributed by atoms with Gasteiger partial charge in [0.2, 0.25) is 0 Å². The van der Waals surface area contributed by atoms with E-state index in [2.05, 4.69) is 35.4 Å². The van der Waals surface area contributed by atoms with E-state index in [1.54, 1.807) is 0 Å². The predicted octanol–water partition coefficient (Wildman–Crippen LogP) is 1.67. The number of rotatable bonds is 4. The van der Waals surface area contributed by atoms with Crippen molar-refractivity contribution >= 4 is 5.82 Å². The molecule has 0 aliphatic carbocycles. The van der Waals surface area contributed by atoms with Crippen LogP contribution in [0.3, 0.4) is 0 Å². The topological polar surface area (TPSA) is 54.2 Å². The number of nitrogen functional groups attached to an aromatic ring is 1. The van der Waals surface area contributed by atoms with Crippen molar-refractivity contribution in [3.05, 3.63) is 23.9 Å². The third-order valence-electron chi connectivity index (χ3n) is 5.38. The molecule has 0 spiro atoms. The normalized spacial score (nSPS) is 31.4. The molecular weight excluding hydrogens is 248 g/mol. The standard InChI is InChI=1S/C16H26N4/c1-18-15(7-11-5-6-19-16(17)8-11)12-9-13-3-4-14(10-12)20(13)2/h5-6,8,12-15,18H,3-4,7,9-10H2,1-2H3,(H2,17,19). The molecule has 2 saturated heterocycles. The molecule has 3 unspecified atom stereocenters. The molecule has 0 amide bonds. The summed E-state index contributed by atoms with van der Waals surface area (Å²) >= 11 is 0. The lowest BCUT2D eigenvalue weighted by molar-refractivity contribution is 0.114. The second kappa shape index (κ2) is 5.70. The van der Waals surface area contributed by atoms with Crippen molar-refractivity contribution in [2.45, 2.75) is 50.2 Å². The fourth-order valence-electron chi connectivity index (χ4n) is 4.16. The Bertz CT molecular complexity index is 448. The van der Waals surface area contributed by atoms with Gasteiger partial charge in [0, 0.05) is 24.3 Å². The first kappa shape index (κ1) is 13.8. The van der Waals surface area contributed by atoms with Crippen LogP contribution in [0.2, 0.25) is 0 Å². The van der Waals surface area contributed by atoms with Crippen LogP contribution in [0, 0.1) is 5.92 Å². The van der Waals surface area contributed by atoms with Crippen LogP contribution in [-0.4, -0.2) is 42.1 Å². The maximum Gasteiger partial charge on any atom is 0.123 e. The SMILES string of the molecule is CNC(Cc1ccnc(N)c1)C1CC2CCC(C1)N2C. The molecule has 2 fully saturated rings. The van der Waals surface area contributed by atoms with E-state index in [0.29, 0.717) is 11.9 Å². The molecule has 0 radical (unpaired) electrons. The van der Waals surface area contributed by atoms with Crippen LogP contribution >= 0.6 is 0 Å². The quantitative estimate of drug-likeness (QED) is 0.877. The van der Waals surface area contributed by atoms with Crippen molar-refractivity contribution in [3.63, 3.8) is 0 Å². The highest BCUT2D eigenvalue weighted by Gasteiger charge is 2.40. The largest absolute Gasteiger partial charge is 0.384 e. The summed E-state index contributed by atoms with van der Waals surface area (Å²) < 4.78 is 0. The third kappa shape index (κ3) is 2.67. The summed E-state index contributed by atoms with van der Waals surface area (Å²) in [6.07, 6.45) is 8.30. The molecule has 3 heterocycles. The number of likely N-dealkylation sites (N-methyl/N-ethyl adjacent to an activating group) is 1. The van der Waals surface area contributed by atoms with E-state index in [4.69, 9.17) is 5.73 Å². The van der Waals surface area contributed by atoms with Crippen LogP contribution < -0.4 is 11.1 Å². The van der Waals surface area contributed by atoms with E-state index in [1.807, 2.05) is 12.3 Å². The van der Waals surface area contributed by atoms with Gasteiger partial charge in [-0.1, -0.05) is 0 Å². The number of pyridine rings is 1. The van der Waals surface area contributed by atoms with E-state index < -0.39 is 0 Å². The van der Waals surface area contributed by atoms with Crippen LogP contribution in [0.5, 0.6) is 0 Å². The summed E-state index contributed by atoms with van der Waals surface area (Å²) in [7, 11) is 4.39. The number of hydrogen-bond donors (Lipinski definition) is 2. The molecule has 3 rings (SSSR count). The van der Waals surface area contributed by atoms with E-state index in [9.17, 15) is 0 Å². The maximum absolute atomic E-state index is 5.79. The Morgan fingerprint density at radius 2 is 2.10 bits per heavy atom. The minimum absolute atomic E-state index is 0.550. The highest BCUT2D eigenvalue weighted by Crippen LogP contribution is 2.39. The highest BCUT2D eigenvalue weighted by atomic mass is 15.2. The smallest absolute Gasteiger partial charge is 0.123 e. The number of nitrogens with zero attached hydrogens (tertiary/aromatic N) is 2. The Hall–Kier alpha value is -1.13. The summed E-state index contributed by atoms with van der Waals surface area (Å²) in [4.78, 5) is 6.69. The van der Waals surface area contributed by atoms with Crippen LogP contribution in [0.25, 0.3) is 0 Å². The van der Waals surface area contributed by atoms with Gasteiger partial charge < -0.3 is 16.0 Å². The molecule has 20 heavy (non-hydrogen) atoms. The minimum Gasteiger partial charge on any atom is -0.384 e. The highest BCUT2D eigenvalue weighted by molar-refractivity contribution is 5.32. The Morgan fingerprint density at radius 1 is 1.40 bits per heavy atom. The number of aromatic nitrogens is 1. The summed E-state index contributed by atoms with van der Waals surface area (Å²) in [5.41, 5.74) is 7.08. The molecule has 3 N–H and O–H groups in total. The van der Waals surface area contributed by atoms with Crippen molar-refractivity contribution in [2.24, 2.45) is 5.92 Å². The summed E-state index contributed by atoms with van der Waals surface area (Å²) in [6, 6.07) is 6.25. The molecule has 1 aromatic heterocycles. The zero-order chi connectivity index (χ0) is 14.1. The Labute approximate surface area is 121 Å². The van der Waals surface area contributed by atoms with Gasteiger partial charge in [-0.3, -0.25) is 0 Å². The Kier molecular flexibility index (Phi) is 3.94. The average molecular weight is 274 g/mol. The van der Waals surface area contributed by atoms with Crippen molar-refractivity contribution < 1.29 is 0 Å². The van der Waals surface area contributed by atoms with Gasteiger partial charge in [0.25, 0.3) is 0 Å². The molecule has 4 heteroatoms. The number of anilines is 1. The van der Waals surface area contributed by atoms with Gasteiger partial charge in [0.15, 0.2) is 0 Å². The van der Waals surface area contributed by atoms with Gasteiger partial charge in [0.05, 0.1) is 0 Å². The van der Waals surface area contributed by atoms with Crippen LogP contribution in [0.1, 0.15) is 31.2 Å². The van der Waals surface area contributed by atoms with E-state index in [0.717, 1.165) is 24.4 Å². The van der Waals surface area contributed by atoms with Gasteiger partial charge in [0.1, 0.15) is 5.82 Å². The molecular formula is C16H26N4. The molecule has 110 valence electrons. The Balaban J connectivity index is 1.68. The molecule has 2 aliphatic heterocycles. The Morgan fingerprint density at radius 3 is 2.70 bits per heavy atom. The molecule has 0 saturated carbocycles. The van der Waals surface area contributed by atoms with Crippen LogP contribution in [-0.2, 0) is 6.42 Å². The lowest BCUT2D eigenvalue weighted by Crippen LogP contribution is -2.47. The summed E-state index contributed by atoms with van der Waals surface area (Å²) in [5, 5.41) is 3.54. The van der Waals surface area contributed by atoms with E-state index >= 15 is 0 Å². The van der Waals surface area contributed by atoms with Gasteiger partial charge in [-0.05, 0) is 69.8 Å². The molecule has 4 nitrogen and oxygen atoms in total. The van der Waals surface area contributed by atoms with Gasteiger partial charge in [-0.25, -0.2) is 4.98 Å². The number of nitrogens with one attached hydrogen (secondary N) is 1. The third-order valence-corrected chi connectivity index (χ3v) is 5.38. The number of nitrogens with two attached hydrogens (primary N) is 1. The summed E-state index contributed by atoms with van der Waals surface area (Å²) in [5.74, 6) is 1.41. The monoisotopic (exact) mass is 274 g/mol. The zero-order valence-corrected chi connectivity index (χ0v) is 12.5. The molecule has 2 aliphatic rings. The maximum atomic E-state index is 5.79. The van der Waals surface area contributed by atoms with E-state index in [-0.39, 0.29) is 0 Å². The molecule has 1 aromatic rings. The molecule has 2 bridgehead atoms. The van der Waals surface area contributed by atoms with Gasteiger partial charge in [-0.2, -0.15) is 0 Å². The van der Waals surface area contributed by atoms with Gasteiger partial charge in [-0.15, -0.1) is 0 Å². The van der Waals surface area contributed by atoms with Crippen molar-refractivity contribution in [2.75, 3.05) is 19.8 Å². The lowest BCUT2D eigenvalue weighted by atomic mass is 9.82. The van der Waals surface area contributed by atoms with Crippen molar-refractivity contribution in [1.29, 1.82) is 0 Å². The fraction of sp³-hybridized carbons (Fsp3) is 0.688. The second-order valence-corrected chi connectivity index (χ2v) is 6.47. The van der Waals surface area contributed by atoms with Gasteiger partial charge >= 0.3 is 0 Å². The second-order valence-electron chi connectivity index (χ2n) is 6.47. The first-order chi connectivity index (χ1) is 9.67. The first-order valence-corrected chi connectivity index (χ1v) is 7.77. The van der Waals surface area contributed by atoms with Crippen LogP contribution in [0.15, 0.2) is 18.3 Å². The number of fused-ring (bicyclic) bond motifs is 2. The van der Waals surface area contributed by atoms with E-state index in [1.165, 1.54) is 31.2 Å². The average Bonchev–Trinajstić information content (AvgIpc) is 2.66. The molecule has 0 aromatic carbocycles. The number of hydrogen-bond acceptors (Lipinski definition) is 4. The van der Waals surface area contributed by atoms with Crippen molar-refractivity contribution in [3.8, 4) is 0 Å².